The fraction of sp³-hybridized carbons (Fsp3) is 0.154. The molecule has 1 aromatic heterocycles. The van der Waals surface area contributed by atoms with Gasteiger partial charge in [-0.15, -0.1) is 0 Å². The first-order valence-corrected chi connectivity index (χ1v) is 5.54. The summed E-state index contributed by atoms with van der Waals surface area (Å²) in [4.78, 5) is 4.17. The zero-order valence-electron chi connectivity index (χ0n) is 10.4. The molecule has 0 amide bonds. The van der Waals surface area contributed by atoms with Gasteiger partial charge in [-0.3, -0.25) is 0 Å². The Hall–Kier alpha value is -2.43. The SMILES string of the molecule is COc1ccc(C)c(Nc2ccc(N)c(N)n2)c1. The monoisotopic (exact) mass is 244 g/mol. The molecule has 0 aliphatic heterocycles. The molecule has 0 unspecified atom stereocenters. The van der Waals surface area contributed by atoms with Crippen molar-refractivity contribution in [2.75, 3.05) is 23.9 Å². The van der Waals surface area contributed by atoms with Crippen LogP contribution >= 0.6 is 0 Å². The maximum atomic E-state index is 5.67. The summed E-state index contributed by atoms with van der Waals surface area (Å²) < 4.78 is 5.19. The summed E-state index contributed by atoms with van der Waals surface area (Å²) in [6.45, 7) is 2.00. The normalized spacial score (nSPS) is 10.1. The number of nitrogens with two attached hydrogens (primary N) is 2. The Morgan fingerprint density at radius 3 is 2.61 bits per heavy atom. The van der Waals surface area contributed by atoms with E-state index in [0.717, 1.165) is 17.0 Å². The molecule has 0 aliphatic rings. The van der Waals surface area contributed by atoms with Crippen molar-refractivity contribution in [3.63, 3.8) is 0 Å². The lowest BCUT2D eigenvalue weighted by Crippen LogP contribution is -2.02. The molecule has 1 aromatic carbocycles. The standard InChI is InChI=1S/C13H16N4O/c1-8-3-4-9(18-2)7-11(8)16-12-6-5-10(14)13(15)17-12/h3-7H,14H2,1-2H3,(H3,15,16,17). The van der Waals surface area contributed by atoms with Gasteiger partial charge in [0, 0.05) is 11.8 Å². The van der Waals surface area contributed by atoms with Crippen molar-refractivity contribution >= 4 is 23.0 Å². The van der Waals surface area contributed by atoms with E-state index >= 15 is 0 Å². The lowest BCUT2D eigenvalue weighted by atomic mass is 10.2. The Morgan fingerprint density at radius 1 is 1.17 bits per heavy atom. The van der Waals surface area contributed by atoms with Crippen LogP contribution in [0.25, 0.3) is 0 Å². The molecule has 5 N–H and O–H groups in total. The van der Waals surface area contributed by atoms with Crippen LogP contribution in [0.3, 0.4) is 0 Å². The number of anilines is 4. The third-order valence-corrected chi connectivity index (χ3v) is 2.66. The van der Waals surface area contributed by atoms with Gasteiger partial charge in [0.05, 0.1) is 12.8 Å². The van der Waals surface area contributed by atoms with Gasteiger partial charge in [-0.1, -0.05) is 6.07 Å². The number of nitrogens with zero attached hydrogens (tertiary/aromatic N) is 1. The van der Waals surface area contributed by atoms with Gasteiger partial charge in [-0.2, -0.15) is 0 Å². The van der Waals surface area contributed by atoms with Gasteiger partial charge in [-0.25, -0.2) is 4.98 Å². The predicted octanol–water partition coefficient (Wildman–Crippen LogP) is 2.31. The maximum Gasteiger partial charge on any atom is 0.149 e. The summed E-state index contributed by atoms with van der Waals surface area (Å²) in [5.74, 6) is 1.75. The van der Waals surface area contributed by atoms with Gasteiger partial charge in [0.2, 0.25) is 0 Å². The molecule has 2 rings (SSSR count). The van der Waals surface area contributed by atoms with E-state index < -0.39 is 0 Å². The molecule has 0 radical (unpaired) electrons. The first kappa shape index (κ1) is 12.0. The molecule has 0 fully saturated rings. The van der Waals surface area contributed by atoms with Crippen molar-refractivity contribution in [1.82, 2.24) is 4.98 Å². The number of pyridine rings is 1. The Balaban J connectivity index is 2.30. The highest BCUT2D eigenvalue weighted by Crippen LogP contribution is 2.25. The van der Waals surface area contributed by atoms with Gasteiger partial charge in [0.25, 0.3) is 0 Å². The van der Waals surface area contributed by atoms with Crippen LogP contribution in [0.15, 0.2) is 30.3 Å². The second kappa shape index (κ2) is 4.83. The number of aromatic nitrogens is 1. The van der Waals surface area contributed by atoms with Gasteiger partial charge in [0.15, 0.2) is 0 Å². The van der Waals surface area contributed by atoms with Crippen LogP contribution in [0.1, 0.15) is 5.56 Å². The number of nitrogen functional groups attached to an aromatic ring is 2. The highest BCUT2D eigenvalue weighted by atomic mass is 16.5. The van der Waals surface area contributed by atoms with Crippen LogP contribution in [0.5, 0.6) is 5.75 Å². The molecule has 18 heavy (non-hydrogen) atoms. The zero-order valence-corrected chi connectivity index (χ0v) is 10.4. The zero-order chi connectivity index (χ0) is 13.1. The van der Waals surface area contributed by atoms with E-state index in [2.05, 4.69) is 10.3 Å². The second-order valence-electron chi connectivity index (χ2n) is 3.98. The lowest BCUT2D eigenvalue weighted by Gasteiger charge is -2.11. The van der Waals surface area contributed by atoms with Gasteiger partial charge in [0.1, 0.15) is 17.4 Å². The van der Waals surface area contributed by atoms with E-state index in [1.54, 1.807) is 19.2 Å². The Morgan fingerprint density at radius 2 is 1.94 bits per heavy atom. The summed E-state index contributed by atoms with van der Waals surface area (Å²) in [7, 11) is 1.63. The quantitative estimate of drug-likeness (QED) is 0.771. The van der Waals surface area contributed by atoms with Crippen LogP contribution in [0.4, 0.5) is 23.0 Å². The Labute approximate surface area is 106 Å². The number of hydrogen-bond acceptors (Lipinski definition) is 5. The molecular weight excluding hydrogens is 228 g/mol. The van der Waals surface area contributed by atoms with Crippen LogP contribution in [0, 0.1) is 6.92 Å². The van der Waals surface area contributed by atoms with E-state index in [1.165, 1.54) is 0 Å². The molecule has 2 aromatic rings. The molecule has 0 spiro atoms. The highest BCUT2D eigenvalue weighted by molar-refractivity contribution is 5.67. The van der Waals surface area contributed by atoms with Crippen molar-refractivity contribution in [3.05, 3.63) is 35.9 Å². The summed E-state index contributed by atoms with van der Waals surface area (Å²) in [5.41, 5.74) is 13.8. The minimum atomic E-state index is 0.320. The molecule has 5 heteroatoms. The fourth-order valence-electron chi connectivity index (χ4n) is 1.56. The Bertz CT molecular complexity index is 569. The van der Waals surface area contributed by atoms with Crippen molar-refractivity contribution in [2.24, 2.45) is 0 Å². The van der Waals surface area contributed by atoms with Crippen LogP contribution in [-0.4, -0.2) is 12.1 Å². The third kappa shape index (κ3) is 2.45. The number of ether oxygens (including phenoxy) is 1. The topological polar surface area (TPSA) is 86.2 Å². The summed E-state index contributed by atoms with van der Waals surface area (Å²) in [6, 6.07) is 9.29. The van der Waals surface area contributed by atoms with E-state index in [-0.39, 0.29) is 0 Å². The lowest BCUT2D eigenvalue weighted by molar-refractivity contribution is 0.415. The average molecular weight is 244 g/mol. The largest absolute Gasteiger partial charge is 0.497 e. The van der Waals surface area contributed by atoms with E-state index in [1.807, 2.05) is 25.1 Å². The Kier molecular flexibility index (Phi) is 3.23. The van der Waals surface area contributed by atoms with E-state index in [4.69, 9.17) is 16.2 Å². The van der Waals surface area contributed by atoms with Gasteiger partial charge >= 0.3 is 0 Å². The third-order valence-electron chi connectivity index (χ3n) is 2.66. The summed E-state index contributed by atoms with van der Waals surface area (Å²) >= 11 is 0. The number of hydrogen-bond donors (Lipinski definition) is 3. The fourth-order valence-corrected chi connectivity index (χ4v) is 1.56. The highest BCUT2D eigenvalue weighted by Gasteiger charge is 2.04. The number of rotatable bonds is 3. The number of aryl methyl sites for hydroxylation is 1. The minimum absolute atomic E-state index is 0.320. The van der Waals surface area contributed by atoms with E-state index in [9.17, 15) is 0 Å². The van der Waals surface area contributed by atoms with Gasteiger partial charge < -0.3 is 21.5 Å². The molecule has 94 valence electrons. The second-order valence-corrected chi connectivity index (χ2v) is 3.98. The van der Waals surface area contributed by atoms with Crippen LogP contribution in [-0.2, 0) is 0 Å². The van der Waals surface area contributed by atoms with Crippen molar-refractivity contribution < 1.29 is 4.74 Å². The first-order chi connectivity index (χ1) is 8.60. The maximum absolute atomic E-state index is 5.67. The number of methoxy groups -OCH3 is 1. The summed E-state index contributed by atoms with van der Waals surface area (Å²) in [6.07, 6.45) is 0. The average Bonchev–Trinajstić information content (AvgIpc) is 2.36. The molecule has 5 nitrogen and oxygen atoms in total. The smallest absolute Gasteiger partial charge is 0.149 e. The molecule has 0 bridgehead atoms. The molecule has 0 atom stereocenters. The predicted molar refractivity (Wildman–Crippen MR) is 74.1 cm³/mol. The van der Waals surface area contributed by atoms with Gasteiger partial charge in [-0.05, 0) is 30.7 Å². The molecule has 0 saturated carbocycles. The van der Waals surface area contributed by atoms with Crippen molar-refractivity contribution in [3.8, 4) is 5.75 Å². The number of nitrogens with one attached hydrogen (secondary N) is 1. The van der Waals surface area contributed by atoms with Crippen molar-refractivity contribution in [2.45, 2.75) is 6.92 Å². The van der Waals surface area contributed by atoms with Crippen molar-refractivity contribution in [1.29, 1.82) is 0 Å². The number of benzene rings is 1. The molecule has 1 heterocycles. The minimum Gasteiger partial charge on any atom is -0.497 e. The molecule has 0 saturated heterocycles. The molecule has 0 aliphatic carbocycles. The van der Waals surface area contributed by atoms with Crippen LogP contribution < -0.4 is 21.5 Å². The summed E-state index contributed by atoms with van der Waals surface area (Å²) in [5, 5.41) is 3.19. The van der Waals surface area contributed by atoms with E-state index in [0.29, 0.717) is 17.3 Å². The first-order valence-electron chi connectivity index (χ1n) is 5.54. The van der Waals surface area contributed by atoms with Crippen LogP contribution in [0.2, 0.25) is 0 Å². The molecular formula is C13H16N4O.